The number of carbonyl (C=O) groups excluding carboxylic acids is 1. The Labute approximate surface area is 178 Å². The third kappa shape index (κ3) is 5.19. The Kier molecular flexibility index (Phi) is 6.25. The number of carbonyl (C=O) groups is 2. The van der Waals surface area contributed by atoms with E-state index >= 15 is 0 Å². The van der Waals surface area contributed by atoms with Gasteiger partial charge in [-0.2, -0.15) is 0 Å². The first-order valence-electron chi connectivity index (χ1n) is 9.53. The Morgan fingerprint density at radius 3 is 2.52 bits per heavy atom. The fourth-order valence-electron chi connectivity index (χ4n) is 3.29. The third-order valence-electron chi connectivity index (χ3n) is 4.86. The van der Waals surface area contributed by atoms with Crippen LogP contribution in [0.1, 0.15) is 25.5 Å². The highest BCUT2D eigenvalue weighted by molar-refractivity contribution is 6.00. The number of rotatable bonds is 6. The summed E-state index contributed by atoms with van der Waals surface area (Å²) in [5.74, 6) is -2.58. The quantitative estimate of drug-likeness (QED) is 0.446. The van der Waals surface area contributed by atoms with E-state index in [4.69, 9.17) is 9.84 Å². The van der Waals surface area contributed by atoms with E-state index < -0.39 is 35.1 Å². The highest BCUT2D eigenvalue weighted by atomic mass is 19.1. The van der Waals surface area contributed by atoms with Crippen molar-refractivity contribution in [3.63, 3.8) is 0 Å². The zero-order chi connectivity index (χ0) is 22.6. The Morgan fingerprint density at radius 1 is 1.10 bits per heavy atom. The number of halogens is 1. The third-order valence-corrected chi connectivity index (χ3v) is 4.86. The first-order valence-corrected chi connectivity index (χ1v) is 9.53. The number of ether oxygens (including phenoxy) is 1. The Hall–Kier alpha value is -3.87. The number of nitrogens with one attached hydrogen (secondary N) is 1. The topological polar surface area (TPSA) is 95.9 Å². The lowest BCUT2D eigenvalue weighted by atomic mass is 9.82. The summed E-state index contributed by atoms with van der Waals surface area (Å²) < 4.78 is 19.6. The van der Waals surface area contributed by atoms with Gasteiger partial charge in [-0.1, -0.05) is 62.4 Å². The van der Waals surface area contributed by atoms with Crippen molar-refractivity contribution in [3.8, 4) is 5.75 Å². The van der Waals surface area contributed by atoms with Crippen LogP contribution < -0.4 is 5.32 Å². The molecule has 0 bridgehead atoms. The highest BCUT2D eigenvalue weighted by Crippen LogP contribution is 2.39. The number of carboxylic acids is 1. The van der Waals surface area contributed by atoms with Crippen molar-refractivity contribution < 1.29 is 28.9 Å². The van der Waals surface area contributed by atoms with Gasteiger partial charge in [0, 0.05) is 16.9 Å². The molecule has 1 amide bonds. The highest BCUT2D eigenvalue weighted by Gasteiger charge is 2.33. The van der Waals surface area contributed by atoms with Crippen LogP contribution in [0.3, 0.4) is 0 Å². The van der Waals surface area contributed by atoms with Gasteiger partial charge in [0.25, 0.3) is 0 Å². The molecule has 0 radical (unpaired) electrons. The summed E-state index contributed by atoms with van der Waals surface area (Å²) in [6, 6.07) is 16.6. The Morgan fingerprint density at radius 2 is 1.81 bits per heavy atom. The van der Waals surface area contributed by atoms with Gasteiger partial charge in [-0.05, 0) is 29.1 Å². The molecule has 0 spiro atoms. The lowest BCUT2D eigenvalue weighted by molar-refractivity contribution is -0.131. The molecule has 6 nitrogen and oxygen atoms in total. The lowest BCUT2D eigenvalue weighted by Gasteiger charge is -2.31. The summed E-state index contributed by atoms with van der Waals surface area (Å²) in [6.45, 7) is 3.32. The molecule has 7 heteroatoms. The second-order valence-corrected chi connectivity index (χ2v) is 7.64. The average molecular weight is 423 g/mol. The smallest absolute Gasteiger partial charge is 0.412 e. The number of hydrogen-bond donors (Lipinski definition) is 3. The normalized spacial score (nSPS) is 12.6. The monoisotopic (exact) mass is 423 g/mol. The number of fused-ring (bicyclic) bond motifs is 1. The molecule has 0 heterocycles. The molecule has 0 unspecified atom stereocenters. The zero-order valence-corrected chi connectivity index (χ0v) is 17.0. The first-order chi connectivity index (χ1) is 14.7. The minimum absolute atomic E-state index is 0.267. The molecule has 0 saturated heterocycles. The van der Waals surface area contributed by atoms with E-state index in [1.807, 2.05) is 30.3 Å². The Bertz CT molecular complexity index is 1150. The summed E-state index contributed by atoms with van der Waals surface area (Å²) in [5, 5.41) is 22.9. The summed E-state index contributed by atoms with van der Waals surface area (Å²) in [7, 11) is 0. The predicted octanol–water partition coefficient (Wildman–Crippen LogP) is 5.64. The van der Waals surface area contributed by atoms with E-state index in [2.05, 4.69) is 5.32 Å². The van der Waals surface area contributed by atoms with Crippen molar-refractivity contribution >= 4 is 28.5 Å². The summed E-state index contributed by atoms with van der Waals surface area (Å²) in [4.78, 5) is 23.8. The van der Waals surface area contributed by atoms with E-state index in [1.54, 1.807) is 26.0 Å². The van der Waals surface area contributed by atoms with Crippen LogP contribution in [0.15, 0.2) is 72.8 Å². The molecule has 0 aliphatic carbocycles. The second kappa shape index (κ2) is 8.87. The SMILES string of the molecule is CC(C)(/C=C/C(=O)O)[C@H](OC(=O)Nc1cccc2ccccc12)c1ccc(O)c(F)c1. The van der Waals surface area contributed by atoms with Crippen LogP contribution in [0.5, 0.6) is 5.75 Å². The summed E-state index contributed by atoms with van der Waals surface area (Å²) in [6.07, 6.45) is 0.492. The molecular weight excluding hydrogens is 401 g/mol. The number of amides is 1. The van der Waals surface area contributed by atoms with Crippen molar-refractivity contribution in [2.24, 2.45) is 5.41 Å². The van der Waals surface area contributed by atoms with Gasteiger partial charge in [0.15, 0.2) is 11.6 Å². The number of anilines is 1. The molecule has 0 fully saturated rings. The van der Waals surface area contributed by atoms with Gasteiger partial charge in [0.05, 0.1) is 5.69 Å². The van der Waals surface area contributed by atoms with E-state index in [0.717, 1.165) is 29.0 Å². The molecule has 3 aromatic rings. The molecular formula is C24H22FNO5. The standard InChI is InChI=1S/C24H22FNO5/c1-24(2,13-12-21(28)29)22(16-10-11-20(27)18(25)14-16)31-23(30)26-19-9-5-7-15-6-3-4-8-17(15)19/h3-14,22,27H,1-2H3,(H,26,30)(H,28,29)/b13-12+/t22-/m1/s1. The second-order valence-electron chi connectivity index (χ2n) is 7.64. The van der Waals surface area contributed by atoms with Crippen LogP contribution in [0.25, 0.3) is 10.8 Å². The van der Waals surface area contributed by atoms with Crippen LogP contribution >= 0.6 is 0 Å². The number of benzene rings is 3. The minimum Gasteiger partial charge on any atom is -0.505 e. The van der Waals surface area contributed by atoms with Crippen molar-refractivity contribution in [2.75, 3.05) is 5.32 Å². The molecule has 0 saturated carbocycles. The molecule has 0 aliphatic heterocycles. The number of phenolic OH excluding ortho intramolecular Hbond substituents is 1. The van der Waals surface area contributed by atoms with E-state index in [0.29, 0.717) is 5.69 Å². The maximum atomic E-state index is 14.0. The van der Waals surface area contributed by atoms with Crippen LogP contribution in [-0.2, 0) is 9.53 Å². The molecule has 0 aromatic heterocycles. The fourth-order valence-corrected chi connectivity index (χ4v) is 3.29. The number of aromatic hydroxyl groups is 1. The van der Waals surface area contributed by atoms with Gasteiger partial charge in [-0.25, -0.2) is 14.0 Å². The molecule has 3 N–H and O–H groups in total. The number of hydrogen-bond acceptors (Lipinski definition) is 4. The van der Waals surface area contributed by atoms with Crippen LogP contribution in [0, 0.1) is 11.2 Å². The van der Waals surface area contributed by atoms with Crippen LogP contribution in [0.4, 0.5) is 14.9 Å². The number of aliphatic carboxylic acids is 1. The summed E-state index contributed by atoms with van der Waals surface area (Å²) >= 11 is 0. The molecule has 31 heavy (non-hydrogen) atoms. The zero-order valence-electron chi connectivity index (χ0n) is 17.0. The summed E-state index contributed by atoms with van der Waals surface area (Å²) in [5.41, 5.74) is -0.196. The van der Waals surface area contributed by atoms with Gasteiger partial charge >= 0.3 is 12.1 Å². The molecule has 1 atom stereocenters. The minimum atomic E-state index is -1.16. The van der Waals surface area contributed by atoms with Crippen molar-refractivity contribution in [1.82, 2.24) is 0 Å². The van der Waals surface area contributed by atoms with Gasteiger partial charge in [0.1, 0.15) is 6.10 Å². The predicted molar refractivity (Wildman–Crippen MR) is 115 cm³/mol. The van der Waals surface area contributed by atoms with Crippen LogP contribution in [0.2, 0.25) is 0 Å². The molecule has 3 rings (SSSR count). The lowest BCUT2D eigenvalue weighted by Crippen LogP contribution is -2.28. The number of phenols is 1. The molecule has 0 aliphatic rings. The maximum absolute atomic E-state index is 14.0. The van der Waals surface area contributed by atoms with Gasteiger partial charge in [0.2, 0.25) is 0 Å². The van der Waals surface area contributed by atoms with Gasteiger partial charge < -0.3 is 14.9 Å². The maximum Gasteiger partial charge on any atom is 0.412 e. The van der Waals surface area contributed by atoms with Gasteiger partial charge in [-0.3, -0.25) is 5.32 Å². The molecule has 3 aromatic carbocycles. The van der Waals surface area contributed by atoms with E-state index in [1.165, 1.54) is 12.1 Å². The van der Waals surface area contributed by atoms with Crippen LogP contribution in [-0.4, -0.2) is 22.3 Å². The largest absolute Gasteiger partial charge is 0.505 e. The number of carboxylic acid groups (broad SMARTS) is 1. The fraction of sp³-hybridized carbons (Fsp3) is 0.167. The van der Waals surface area contributed by atoms with E-state index in [-0.39, 0.29) is 5.56 Å². The van der Waals surface area contributed by atoms with Crippen molar-refractivity contribution in [2.45, 2.75) is 20.0 Å². The molecule has 160 valence electrons. The average Bonchev–Trinajstić information content (AvgIpc) is 2.73. The van der Waals surface area contributed by atoms with Crippen molar-refractivity contribution in [1.29, 1.82) is 0 Å². The van der Waals surface area contributed by atoms with Crippen molar-refractivity contribution in [3.05, 3.63) is 84.2 Å². The van der Waals surface area contributed by atoms with E-state index in [9.17, 15) is 19.1 Å². The Balaban J connectivity index is 1.92. The first kappa shape index (κ1) is 21.8. The van der Waals surface area contributed by atoms with Gasteiger partial charge in [-0.15, -0.1) is 0 Å².